The van der Waals surface area contributed by atoms with Crippen LogP contribution in [0.4, 0.5) is 0 Å². The fraction of sp³-hybridized carbons (Fsp3) is 0.455. The molecule has 2 atom stereocenters. The van der Waals surface area contributed by atoms with E-state index in [4.69, 9.17) is 0 Å². The number of aromatic nitrogens is 1. The van der Waals surface area contributed by atoms with E-state index in [0.29, 0.717) is 37.2 Å². The number of pyridine rings is 1. The molecule has 1 spiro atoms. The number of rotatable bonds is 2. The van der Waals surface area contributed by atoms with Gasteiger partial charge in [-0.15, -0.1) is 0 Å². The number of nitrogens with one attached hydrogen (secondary N) is 1. The first-order valence-electron chi connectivity index (χ1n) is 9.77. The lowest BCUT2D eigenvalue weighted by Crippen LogP contribution is -2.50. The summed E-state index contributed by atoms with van der Waals surface area (Å²) in [6.45, 7) is 2.91. The maximum atomic E-state index is 12.9. The van der Waals surface area contributed by atoms with Crippen molar-refractivity contribution in [2.45, 2.75) is 37.3 Å². The first-order valence-corrected chi connectivity index (χ1v) is 9.77. The third-order valence-corrected chi connectivity index (χ3v) is 6.41. The molecule has 0 radical (unpaired) electrons. The third-order valence-electron chi connectivity index (χ3n) is 6.41. The highest BCUT2D eigenvalue weighted by Crippen LogP contribution is 2.52. The zero-order valence-electron chi connectivity index (χ0n) is 16.6. The molecular weight excluding hydrogens is 354 g/mol. The van der Waals surface area contributed by atoms with E-state index in [1.54, 1.807) is 17.9 Å². The lowest BCUT2D eigenvalue weighted by atomic mass is 9.72. The smallest absolute Gasteiger partial charge is 0.254 e. The molecule has 1 aromatic heterocycles. The Labute approximate surface area is 164 Å². The summed E-state index contributed by atoms with van der Waals surface area (Å²) in [6.07, 6.45) is 0.923. The van der Waals surface area contributed by atoms with Gasteiger partial charge in [-0.05, 0) is 51.1 Å². The Morgan fingerprint density at radius 2 is 1.89 bits per heavy atom. The van der Waals surface area contributed by atoms with Crippen LogP contribution in [0.5, 0.6) is 0 Å². The second-order valence-corrected chi connectivity index (χ2v) is 8.31. The van der Waals surface area contributed by atoms with Crippen LogP contribution in [-0.4, -0.2) is 59.1 Å². The van der Waals surface area contributed by atoms with Gasteiger partial charge in [-0.1, -0.05) is 24.3 Å². The van der Waals surface area contributed by atoms with Gasteiger partial charge in [-0.2, -0.15) is 0 Å². The molecule has 2 heterocycles. The highest BCUT2D eigenvalue weighted by molar-refractivity contribution is 5.94. The molecular formula is C22H27N3O3. The summed E-state index contributed by atoms with van der Waals surface area (Å²) in [6, 6.07) is 11.3. The Morgan fingerprint density at radius 3 is 2.54 bits per heavy atom. The van der Waals surface area contributed by atoms with Crippen molar-refractivity contribution in [2.24, 2.45) is 0 Å². The Bertz CT molecular complexity index is 957. The van der Waals surface area contributed by atoms with E-state index in [1.165, 1.54) is 17.2 Å². The molecule has 1 saturated heterocycles. The standard InChI is InChI=1S/C22H27N3O3/c1-14-12-15(13-18(26)23-14)21(28)25-10-8-22(9-11-25)17-7-5-4-6-16(17)19(20(22)27)24(2)3/h4-7,12-13,19-20,27H,8-11H2,1-3H3,(H,23,26)/t19-,20+/m1/s1. The fourth-order valence-corrected chi connectivity index (χ4v) is 5.06. The monoisotopic (exact) mass is 381 g/mol. The second kappa shape index (κ2) is 6.87. The summed E-state index contributed by atoms with van der Waals surface area (Å²) in [5.74, 6) is -0.117. The van der Waals surface area contributed by atoms with Gasteiger partial charge < -0.3 is 19.9 Å². The Morgan fingerprint density at radius 1 is 1.21 bits per heavy atom. The summed E-state index contributed by atoms with van der Waals surface area (Å²) in [5.41, 5.74) is 2.91. The van der Waals surface area contributed by atoms with Gasteiger partial charge in [0, 0.05) is 35.8 Å². The maximum Gasteiger partial charge on any atom is 0.254 e. The van der Waals surface area contributed by atoms with E-state index in [0.717, 1.165) is 0 Å². The number of amides is 1. The Hall–Kier alpha value is -2.44. The van der Waals surface area contributed by atoms with Gasteiger partial charge in [0.05, 0.1) is 12.1 Å². The molecule has 28 heavy (non-hydrogen) atoms. The highest BCUT2D eigenvalue weighted by Gasteiger charge is 2.53. The SMILES string of the molecule is Cc1cc(C(=O)N2CCC3(CC2)c2ccccc2[C@@H](N(C)C)[C@@H]3O)cc(=O)[nH]1. The highest BCUT2D eigenvalue weighted by atomic mass is 16.3. The molecule has 2 aromatic rings. The molecule has 6 heteroatoms. The van der Waals surface area contributed by atoms with Crippen LogP contribution in [0.1, 0.15) is 46.1 Å². The van der Waals surface area contributed by atoms with Gasteiger partial charge in [-0.25, -0.2) is 0 Å². The fourth-order valence-electron chi connectivity index (χ4n) is 5.06. The summed E-state index contributed by atoms with van der Waals surface area (Å²) in [5, 5.41) is 11.3. The molecule has 6 nitrogen and oxygen atoms in total. The maximum absolute atomic E-state index is 12.9. The van der Waals surface area contributed by atoms with Crippen LogP contribution in [-0.2, 0) is 5.41 Å². The molecule has 1 aromatic carbocycles. The lowest BCUT2D eigenvalue weighted by Gasteiger charge is -2.43. The number of nitrogens with zero attached hydrogens (tertiary/aromatic N) is 2. The van der Waals surface area contributed by atoms with Crippen LogP contribution in [0.25, 0.3) is 0 Å². The minimum Gasteiger partial charge on any atom is -0.390 e. The number of fused-ring (bicyclic) bond motifs is 2. The van der Waals surface area contributed by atoms with Crippen LogP contribution in [0, 0.1) is 6.92 Å². The van der Waals surface area contributed by atoms with Crippen molar-refractivity contribution in [2.75, 3.05) is 27.2 Å². The minimum atomic E-state index is -0.501. The number of likely N-dealkylation sites (tertiary alicyclic amines) is 1. The van der Waals surface area contributed by atoms with Gasteiger partial charge in [-0.3, -0.25) is 9.59 Å². The summed E-state index contributed by atoms with van der Waals surface area (Å²) in [7, 11) is 4.00. The number of piperidine rings is 1. The van der Waals surface area contributed by atoms with Crippen molar-refractivity contribution in [3.63, 3.8) is 0 Å². The van der Waals surface area contributed by atoms with E-state index in [2.05, 4.69) is 22.0 Å². The van der Waals surface area contributed by atoms with Gasteiger partial charge in [0.2, 0.25) is 5.56 Å². The number of likely N-dealkylation sites (N-methyl/N-ethyl adjacent to an activating group) is 1. The number of aromatic amines is 1. The van der Waals surface area contributed by atoms with Crippen molar-refractivity contribution < 1.29 is 9.90 Å². The van der Waals surface area contributed by atoms with Crippen molar-refractivity contribution in [3.8, 4) is 0 Å². The van der Waals surface area contributed by atoms with Crippen LogP contribution in [0.15, 0.2) is 41.2 Å². The number of benzene rings is 1. The van der Waals surface area contributed by atoms with E-state index in [-0.39, 0.29) is 22.9 Å². The number of carbonyl (C=O) groups excluding carboxylic acids is 1. The molecule has 0 saturated carbocycles. The number of hydrogen-bond acceptors (Lipinski definition) is 4. The van der Waals surface area contributed by atoms with Crippen LogP contribution < -0.4 is 5.56 Å². The average Bonchev–Trinajstić information content (AvgIpc) is 2.90. The average molecular weight is 381 g/mol. The molecule has 1 aliphatic carbocycles. The molecule has 148 valence electrons. The molecule has 0 unspecified atom stereocenters. The van der Waals surface area contributed by atoms with Gasteiger partial charge in [0.25, 0.3) is 5.91 Å². The molecule has 1 amide bonds. The zero-order chi connectivity index (χ0) is 20.1. The first-order chi connectivity index (χ1) is 13.3. The van der Waals surface area contributed by atoms with Crippen molar-refractivity contribution >= 4 is 5.91 Å². The van der Waals surface area contributed by atoms with Gasteiger partial charge in [0.1, 0.15) is 0 Å². The predicted octanol–water partition coefficient (Wildman–Crippen LogP) is 1.83. The minimum absolute atomic E-state index is 0.0335. The van der Waals surface area contributed by atoms with Crippen LogP contribution in [0.2, 0.25) is 0 Å². The number of hydrogen-bond donors (Lipinski definition) is 2. The number of H-pyrrole nitrogens is 1. The van der Waals surface area contributed by atoms with Crippen molar-refractivity contribution in [3.05, 3.63) is 69.1 Å². The first kappa shape index (κ1) is 18.9. The molecule has 0 bridgehead atoms. The van der Waals surface area contributed by atoms with Gasteiger partial charge in [0.15, 0.2) is 0 Å². The van der Waals surface area contributed by atoms with Crippen molar-refractivity contribution in [1.29, 1.82) is 0 Å². The molecule has 4 rings (SSSR count). The van der Waals surface area contributed by atoms with Crippen LogP contribution in [0.3, 0.4) is 0 Å². The van der Waals surface area contributed by atoms with Crippen molar-refractivity contribution in [1.82, 2.24) is 14.8 Å². The molecule has 2 N–H and O–H groups in total. The zero-order valence-corrected chi connectivity index (χ0v) is 16.6. The number of aliphatic hydroxyl groups is 1. The van der Waals surface area contributed by atoms with E-state index < -0.39 is 6.10 Å². The molecule has 1 aliphatic heterocycles. The Balaban J connectivity index is 1.60. The summed E-state index contributed by atoms with van der Waals surface area (Å²) in [4.78, 5) is 31.2. The molecule has 1 fully saturated rings. The quantitative estimate of drug-likeness (QED) is 0.832. The Kier molecular flexibility index (Phi) is 4.63. The number of aryl methyl sites for hydroxylation is 1. The third kappa shape index (κ3) is 2.88. The normalized spacial score (nSPS) is 23.2. The van der Waals surface area contributed by atoms with E-state index in [9.17, 15) is 14.7 Å². The summed E-state index contributed by atoms with van der Waals surface area (Å²) < 4.78 is 0. The second-order valence-electron chi connectivity index (χ2n) is 8.31. The lowest BCUT2D eigenvalue weighted by molar-refractivity contribution is -0.00145. The van der Waals surface area contributed by atoms with E-state index in [1.807, 2.05) is 26.2 Å². The topological polar surface area (TPSA) is 76.6 Å². The number of aliphatic hydroxyl groups excluding tert-OH is 1. The van der Waals surface area contributed by atoms with E-state index >= 15 is 0 Å². The molecule has 2 aliphatic rings. The largest absolute Gasteiger partial charge is 0.390 e. The number of carbonyl (C=O) groups is 1. The van der Waals surface area contributed by atoms with Crippen LogP contribution >= 0.6 is 0 Å². The van der Waals surface area contributed by atoms with Gasteiger partial charge >= 0.3 is 0 Å². The predicted molar refractivity (Wildman–Crippen MR) is 107 cm³/mol. The summed E-state index contributed by atoms with van der Waals surface area (Å²) >= 11 is 0.